The molecular weight excluding hydrogens is 541 g/mol. The minimum atomic E-state index is -0.0501. The van der Waals surface area contributed by atoms with Gasteiger partial charge in [0.05, 0.1) is 16.8 Å². The van der Waals surface area contributed by atoms with Crippen molar-refractivity contribution in [3.8, 4) is 34.0 Å². The molecule has 0 spiro atoms. The second-order valence-electron chi connectivity index (χ2n) is 12.3. The quantitative estimate of drug-likeness (QED) is 0.204. The van der Waals surface area contributed by atoms with Crippen molar-refractivity contribution in [2.45, 2.75) is 32.1 Å². The van der Waals surface area contributed by atoms with E-state index < -0.39 is 0 Å². The lowest BCUT2D eigenvalue weighted by molar-refractivity contribution is 0.667. The number of allylic oxidation sites excluding steroid dienone is 1. The molecule has 0 bridgehead atoms. The van der Waals surface area contributed by atoms with Crippen LogP contribution >= 0.6 is 11.3 Å². The van der Waals surface area contributed by atoms with E-state index in [0.29, 0.717) is 5.56 Å². The molecule has 43 heavy (non-hydrogen) atoms. The van der Waals surface area contributed by atoms with Gasteiger partial charge in [0.15, 0.2) is 0 Å². The van der Waals surface area contributed by atoms with Crippen LogP contribution in [0.1, 0.15) is 48.2 Å². The van der Waals surface area contributed by atoms with Crippen molar-refractivity contribution < 1.29 is 0 Å². The minimum Gasteiger partial charge on any atom is -0.308 e. The third-order valence-electron chi connectivity index (χ3n) is 9.70. The number of hydrogen-bond donors (Lipinski definition) is 0. The predicted molar refractivity (Wildman–Crippen MR) is 181 cm³/mol. The maximum absolute atomic E-state index is 10.4. The van der Waals surface area contributed by atoms with Crippen molar-refractivity contribution in [3.05, 3.63) is 131 Å². The molecule has 0 radical (unpaired) electrons. The molecule has 0 N–H and O–H groups in total. The zero-order valence-corrected chi connectivity index (χ0v) is 24.9. The van der Waals surface area contributed by atoms with Crippen LogP contribution in [-0.4, -0.2) is 4.57 Å². The largest absolute Gasteiger partial charge is 0.308 e. The number of aromatic nitrogens is 1. The smallest absolute Gasteiger partial charge is 0.101 e. The normalized spacial score (nSPS) is 14.6. The van der Waals surface area contributed by atoms with Crippen molar-refractivity contribution in [1.82, 2.24) is 4.57 Å². The van der Waals surface area contributed by atoms with Gasteiger partial charge in [-0.25, -0.2) is 0 Å². The molecule has 0 fully saturated rings. The summed E-state index contributed by atoms with van der Waals surface area (Å²) >= 11 is 1.91. The summed E-state index contributed by atoms with van der Waals surface area (Å²) in [6.45, 7) is 4.73. The predicted octanol–water partition coefficient (Wildman–Crippen LogP) is 10.8. The van der Waals surface area contributed by atoms with E-state index in [9.17, 15) is 5.26 Å². The molecule has 204 valence electrons. The van der Waals surface area contributed by atoms with E-state index in [4.69, 9.17) is 0 Å². The molecule has 2 aromatic heterocycles. The molecule has 7 aromatic rings. The average molecular weight is 569 g/mol. The maximum atomic E-state index is 10.4. The van der Waals surface area contributed by atoms with E-state index in [1.807, 2.05) is 23.5 Å². The molecule has 2 aliphatic carbocycles. The fourth-order valence-electron chi connectivity index (χ4n) is 7.79. The highest BCUT2D eigenvalue weighted by atomic mass is 32.1. The number of para-hydroxylation sites is 2. The number of nitriles is 1. The van der Waals surface area contributed by atoms with Gasteiger partial charge >= 0.3 is 0 Å². The van der Waals surface area contributed by atoms with Crippen LogP contribution in [0.3, 0.4) is 0 Å². The molecule has 3 heteroatoms. The summed E-state index contributed by atoms with van der Waals surface area (Å²) in [6.07, 6.45) is 6.56. The van der Waals surface area contributed by atoms with Crippen LogP contribution in [-0.2, 0) is 11.8 Å². The topological polar surface area (TPSA) is 28.7 Å². The third-order valence-corrected chi connectivity index (χ3v) is 10.9. The third kappa shape index (κ3) is 3.27. The Labute approximate surface area is 254 Å². The number of fused-ring (bicyclic) bond motifs is 10. The zero-order valence-electron chi connectivity index (χ0n) is 24.1. The van der Waals surface area contributed by atoms with Gasteiger partial charge in [-0.1, -0.05) is 92.7 Å². The molecular formula is C40H28N2S. The lowest BCUT2D eigenvalue weighted by Gasteiger charge is -2.22. The van der Waals surface area contributed by atoms with Gasteiger partial charge in [-0.2, -0.15) is 5.26 Å². The van der Waals surface area contributed by atoms with Gasteiger partial charge < -0.3 is 4.57 Å². The molecule has 9 rings (SSSR count). The van der Waals surface area contributed by atoms with Gasteiger partial charge in [-0.05, 0) is 76.6 Å². The molecule has 0 atom stereocenters. The van der Waals surface area contributed by atoms with Gasteiger partial charge in [0.25, 0.3) is 0 Å². The summed E-state index contributed by atoms with van der Waals surface area (Å²) in [5, 5.41) is 14.2. The molecule has 0 unspecified atom stereocenters. The summed E-state index contributed by atoms with van der Waals surface area (Å²) < 4.78 is 5.01. The summed E-state index contributed by atoms with van der Waals surface area (Å²) in [7, 11) is 0. The summed E-state index contributed by atoms with van der Waals surface area (Å²) in [5.74, 6) is 0. The Bertz CT molecular complexity index is 2390. The number of benzene rings is 5. The first-order valence-electron chi connectivity index (χ1n) is 15.0. The van der Waals surface area contributed by atoms with E-state index in [1.165, 1.54) is 59.1 Å². The summed E-state index contributed by atoms with van der Waals surface area (Å²) in [5.41, 5.74) is 13.1. The van der Waals surface area contributed by atoms with Crippen molar-refractivity contribution in [2.24, 2.45) is 0 Å². The van der Waals surface area contributed by atoms with Crippen molar-refractivity contribution in [1.29, 1.82) is 5.26 Å². The van der Waals surface area contributed by atoms with Gasteiger partial charge in [0.1, 0.15) is 6.07 Å². The molecule has 2 nitrogen and oxygen atoms in total. The first kappa shape index (κ1) is 24.7. The molecule has 2 heterocycles. The zero-order chi connectivity index (χ0) is 28.9. The van der Waals surface area contributed by atoms with Crippen LogP contribution in [0.25, 0.3) is 65.1 Å². The molecule has 2 aliphatic rings. The van der Waals surface area contributed by atoms with Gasteiger partial charge in [0, 0.05) is 42.2 Å². The lowest BCUT2D eigenvalue weighted by Crippen LogP contribution is -2.14. The molecule has 0 amide bonds. The Kier molecular flexibility index (Phi) is 5.05. The van der Waals surface area contributed by atoms with Crippen LogP contribution in [0.15, 0.2) is 103 Å². The molecule has 0 saturated heterocycles. The Morgan fingerprint density at radius 3 is 2.53 bits per heavy atom. The molecule has 0 saturated carbocycles. The Morgan fingerprint density at radius 1 is 0.791 bits per heavy atom. The number of aryl methyl sites for hydroxylation is 1. The Hall–Kier alpha value is -4.91. The van der Waals surface area contributed by atoms with Gasteiger partial charge in [-0.15, -0.1) is 11.3 Å². The van der Waals surface area contributed by atoms with Gasteiger partial charge in [-0.3, -0.25) is 0 Å². The molecule has 0 aliphatic heterocycles. The van der Waals surface area contributed by atoms with E-state index in [1.54, 1.807) is 0 Å². The lowest BCUT2D eigenvalue weighted by atomic mass is 9.82. The highest BCUT2D eigenvalue weighted by Gasteiger charge is 2.37. The number of nitrogens with zero attached hydrogens (tertiary/aromatic N) is 2. The number of rotatable bonds is 2. The first-order valence-corrected chi connectivity index (χ1v) is 15.8. The second kappa shape index (κ2) is 8.80. The van der Waals surface area contributed by atoms with Gasteiger partial charge in [0.2, 0.25) is 0 Å². The fourth-order valence-corrected chi connectivity index (χ4v) is 9.18. The highest BCUT2D eigenvalue weighted by Crippen LogP contribution is 2.54. The standard InChI is InChI=1S/C40H28N2S/c1-40(2)33-15-6-3-11-27(33)30-19-20-31-32-22-24(18-21-36(32)43-39(31)37(30)40)26-14-9-10-25(23-41)38(26)42-34-16-7-4-12-28(34)29-13-5-8-17-35(29)42/h3-4,6-12,14-22H,5,13H2,1-2H3. The highest BCUT2D eigenvalue weighted by molar-refractivity contribution is 7.26. The van der Waals surface area contributed by atoms with E-state index in [0.717, 1.165) is 35.2 Å². The SMILES string of the molecule is CC1(C)c2ccccc2-c2ccc3c(sc4ccc(-c5cccc(C#N)c5-n5c6c(c7ccccc75)CCC=C6)cc43)c21. The number of thiophene rings is 1. The maximum Gasteiger partial charge on any atom is 0.101 e. The fraction of sp³-hybridized carbons (Fsp3) is 0.125. The average Bonchev–Trinajstić information content (AvgIpc) is 3.66. The van der Waals surface area contributed by atoms with Crippen LogP contribution < -0.4 is 0 Å². The van der Waals surface area contributed by atoms with Crippen LogP contribution in [0.5, 0.6) is 0 Å². The second-order valence-corrected chi connectivity index (χ2v) is 13.4. The van der Waals surface area contributed by atoms with E-state index in [2.05, 4.69) is 122 Å². The van der Waals surface area contributed by atoms with E-state index in [-0.39, 0.29) is 5.41 Å². The summed E-state index contributed by atoms with van der Waals surface area (Å²) in [4.78, 5) is 0. The van der Waals surface area contributed by atoms with Crippen LogP contribution in [0.4, 0.5) is 0 Å². The van der Waals surface area contributed by atoms with Crippen molar-refractivity contribution in [2.75, 3.05) is 0 Å². The monoisotopic (exact) mass is 568 g/mol. The van der Waals surface area contributed by atoms with Crippen LogP contribution in [0.2, 0.25) is 0 Å². The molecule has 5 aromatic carbocycles. The van der Waals surface area contributed by atoms with Crippen LogP contribution in [0, 0.1) is 11.3 Å². The number of hydrogen-bond acceptors (Lipinski definition) is 2. The van der Waals surface area contributed by atoms with Crippen molar-refractivity contribution in [3.63, 3.8) is 0 Å². The Balaban J connectivity index is 1.31. The van der Waals surface area contributed by atoms with Crippen molar-refractivity contribution >= 4 is 48.5 Å². The minimum absolute atomic E-state index is 0.0501. The van der Waals surface area contributed by atoms with E-state index >= 15 is 0 Å². The Morgan fingerprint density at radius 2 is 1.63 bits per heavy atom. The summed E-state index contributed by atoms with van der Waals surface area (Å²) in [6, 6.07) is 37.7. The first-order chi connectivity index (χ1) is 21.1.